The maximum atomic E-state index is 13.7. The summed E-state index contributed by atoms with van der Waals surface area (Å²) in [4.78, 5) is 41.0. The molecule has 2 bridgehead atoms. The molecule has 38 heavy (non-hydrogen) atoms. The Labute approximate surface area is 216 Å². The smallest absolute Gasteiger partial charge is 0.402 e. The molecule has 204 valence electrons. The van der Waals surface area contributed by atoms with Crippen LogP contribution in [0.1, 0.15) is 31.1 Å². The van der Waals surface area contributed by atoms with E-state index in [2.05, 4.69) is 4.74 Å². The standard InChI is InChI=1S/C25H25F2NO9S/c1-24(2,3)28-17-18-15(21(28)29)16(23(31)35-11-25(26,27)38(32,33)34)19(36-18)20(17)37-22(30)14-9-8-12-6-4-5-7-13(12)10-14/h4-10,15-20H,11H2,1-3H3,(H,32,33,34). The number of alkyl halides is 2. The minimum Gasteiger partial charge on any atom is -0.458 e. The average molecular weight is 554 g/mol. The second-order valence-electron chi connectivity index (χ2n) is 10.6. The van der Waals surface area contributed by atoms with E-state index in [1.54, 1.807) is 39.0 Å². The molecule has 3 aliphatic rings. The van der Waals surface area contributed by atoms with E-state index in [-0.39, 0.29) is 5.56 Å². The molecular formula is C25H25F2NO9S. The Morgan fingerprint density at radius 1 is 1.08 bits per heavy atom. The Morgan fingerprint density at radius 3 is 2.37 bits per heavy atom. The lowest BCUT2D eigenvalue weighted by molar-refractivity contribution is -0.160. The number of esters is 2. The molecule has 5 rings (SSSR count). The van der Waals surface area contributed by atoms with Crippen LogP contribution >= 0.6 is 0 Å². The van der Waals surface area contributed by atoms with E-state index in [1.807, 2.05) is 24.3 Å². The molecule has 13 heteroatoms. The fraction of sp³-hybridized carbons (Fsp3) is 0.480. The summed E-state index contributed by atoms with van der Waals surface area (Å²) in [7, 11) is -5.84. The number of hydrogen-bond donors (Lipinski definition) is 1. The Kier molecular flexibility index (Phi) is 6.04. The summed E-state index contributed by atoms with van der Waals surface area (Å²) in [5, 5.41) is -3.05. The highest BCUT2D eigenvalue weighted by Gasteiger charge is 2.74. The predicted octanol–water partition coefficient (Wildman–Crippen LogP) is 2.41. The van der Waals surface area contributed by atoms with Gasteiger partial charge in [0.25, 0.3) is 0 Å². The number of carbonyl (C=O) groups is 3. The van der Waals surface area contributed by atoms with Gasteiger partial charge in [-0.1, -0.05) is 30.3 Å². The molecule has 0 radical (unpaired) electrons. The molecule has 0 aromatic heterocycles. The van der Waals surface area contributed by atoms with E-state index in [0.717, 1.165) is 10.8 Å². The molecule has 3 fully saturated rings. The fourth-order valence-electron chi connectivity index (χ4n) is 5.64. The van der Waals surface area contributed by atoms with E-state index in [9.17, 15) is 31.6 Å². The van der Waals surface area contributed by atoms with Crippen molar-refractivity contribution in [3.8, 4) is 0 Å². The minimum absolute atomic E-state index is 0.224. The molecule has 3 heterocycles. The molecule has 2 aromatic rings. The number of benzene rings is 2. The number of hydrogen-bond acceptors (Lipinski definition) is 8. The summed E-state index contributed by atoms with van der Waals surface area (Å²) in [6, 6.07) is 11.6. The van der Waals surface area contributed by atoms with Gasteiger partial charge in [0.1, 0.15) is 12.0 Å². The maximum Gasteiger partial charge on any atom is 0.402 e. The third-order valence-electron chi connectivity index (χ3n) is 7.21. The molecular weight excluding hydrogens is 528 g/mol. The first-order valence-electron chi connectivity index (χ1n) is 11.8. The highest BCUT2D eigenvalue weighted by molar-refractivity contribution is 7.86. The van der Waals surface area contributed by atoms with Crippen LogP contribution < -0.4 is 0 Å². The molecule has 3 saturated heterocycles. The zero-order valence-electron chi connectivity index (χ0n) is 20.5. The van der Waals surface area contributed by atoms with Gasteiger partial charge in [0.05, 0.1) is 23.6 Å². The van der Waals surface area contributed by atoms with Crippen LogP contribution in [0.25, 0.3) is 10.8 Å². The predicted molar refractivity (Wildman–Crippen MR) is 127 cm³/mol. The van der Waals surface area contributed by atoms with Gasteiger partial charge in [-0.2, -0.15) is 17.2 Å². The van der Waals surface area contributed by atoms with Crippen molar-refractivity contribution in [3.05, 3.63) is 48.0 Å². The minimum atomic E-state index is -5.84. The van der Waals surface area contributed by atoms with Crippen LogP contribution in [-0.4, -0.2) is 77.5 Å². The van der Waals surface area contributed by atoms with Crippen molar-refractivity contribution in [3.63, 3.8) is 0 Å². The number of nitrogens with zero attached hydrogens (tertiary/aromatic N) is 1. The second-order valence-corrected chi connectivity index (χ2v) is 12.2. The van der Waals surface area contributed by atoms with E-state index >= 15 is 0 Å². The Balaban J connectivity index is 1.44. The van der Waals surface area contributed by atoms with Gasteiger partial charge in [-0.3, -0.25) is 14.1 Å². The Bertz CT molecular complexity index is 1440. The van der Waals surface area contributed by atoms with E-state index in [1.165, 1.54) is 4.90 Å². The summed E-state index contributed by atoms with van der Waals surface area (Å²) in [5.41, 5.74) is -0.543. The van der Waals surface area contributed by atoms with Gasteiger partial charge < -0.3 is 19.1 Å². The van der Waals surface area contributed by atoms with Crippen molar-refractivity contribution in [1.29, 1.82) is 0 Å². The molecule has 6 atom stereocenters. The van der Waals surface area contributed by atoms with Crippen LogP contribution in [0.4, 0.5) is 8.78 Å². The van der Waals surface area contributed by atoms with Crippen molar-refractivity contribution in [1.82, 2.24) is 4.90 Å². The van der Waals surface area contributed by atoms with Gasteiger partial charge in [0.2, 0.25) is 5.91 Å². The molecule has 0 saturated carbocycles. The number of rotatable bonds is 6. The fourth-order valence-corrected chi connectivity index (χ4v) is 5.85. The topological polar surface area (TPSA) is 137 Å². The molecule has 1 amide bonds. The zero-order chi connectivity index (χ0) is 27.8. The molecule has 3 aliphatic heterocycles. The van der Waals surface area contributed by atoms with Crippen molar-refractivity contribution in [2.45, 2.75) is 55.9 Å². The van der Waals surface area contributed by atoms with Crippen LogP contribution in [0.5, 0.6) is 0 Å². The second kappa shape index (κ2) is 8.68. The quantitative estimate of drug-likeness (QED) is 0.422. The first kappa shape index (κ1) is 26.4. The van der Waals surface area contributed by atoms with Crippen molar-refractivity contribution in [2.24, 2.45) is 11.8 Å². The number of ether oxygens (including phenoxy) is 3. The first-order chi connectivity index (χ1) is 17.6. The average Bonchev–Trinajstić information content (AvgIpc) is 3.44. The van der Waals surface area contributed by atoms with Crippen LogP contribution in [0.3, 0.4) is 0 Å². The van der Waals surface area contributed by atoms with Crippen LogP contribution in [0.15, 0.2) is 42.5 Å². The third kappa shape index (κ3) is 4.12. The van der Waals surface area contributed by atoms with Crippen LogP contribution in [-0.2, 0) is 33.9 Å². The molecule has 6 unspecified atom stereocenters. The van der Waals surface area contributed by atoms with E-state index < -0.39 is 81.6 Å². The van der Waals surface area contributed by atoms with Crippen LogP contribution in [0, 0.1) is 11.8 Å². The zero-order valence-corrected chi connectivity index (χ0v) is 21.4. The summed E-state index contributed by atoms with van der Waals surface area (Å²) in [6.45, 7) is 3.31. The molecule has 2 aromatic carbocycles. The van der Waals surface area contributed by atoms with Crippen molar-refractivity contribution in [2.75, 3.05) is 6.61 Å². The van der Waals surface area contributed by atoms with Gasteiger partial charge in [-0.15, -0.1) is 0 Å². The number of amides is 1. The van der Waals surface area contributed by atoms with Crippen LogP contribution in [0.2, 0.25) is 0 Å². The normalized spacial score (nSPS) is 28.7. The lowest BCUT2D eigenvalue weighted by Crippen LogP contribution is -2.54. The number of carbonyl (C=O) groups excluding carboxylic acids is 3. The van der Waals surface area contributed by atoms with Gasteiger partial charge >= 0.3 is 27.3 Å². The highest BCUT2D eigenvalue weighted by Crippen LogP contribution is 2.54. The van der Waals surface area contributed by atoms with E-state index in [4.69, 9.17) is 14.0 Å². The number of fused-ring (bicyclic) bond motifs is 2. The van der Waals surface area contributed by atoms with Gasteiger partial charge in [0, 0.05) is 5.54 Å². The van der Waals surface area contributed by atoms with Gasteiger partial charge in [0.15, 0.2) is 12.7 Å². The molecule has 0 spiro atoms. The SMILES string of the molecule is CC(C)(C)N1C(=O)C2C3OC(C(OC(=O)c4ccc5ccccc5c4)C31)C2C(=O)OCC(F)(F)S(=O)(=O)O. The summed E-state index contributed by atoms with van der Waals surface area (Å²) in [5.74, 6) is -5.07. The molecule has 0 aliphatic carbocycles. The third-order valence-corrected chi connectivity index (χ3v) is 8.08. The van der Waals surface area contributed by atoms with E-state index in [0.29, 0.717) is 0 Å². The number of likely N-dealkylation sites (tertiary alicyclic amines) is 1. The summed E-state index contributed by atoms with van der Waals surface area (Å²) in [6.07, 6.45) is -3.19. The summed E-state index contributed by atoms with van der Waals surface area (Å²) < 4.78 is 74.2. The van der Waals surface area contributed by atoms with Crippen molar-refractivity contribution >= 4 is 38.7 Å². The lowest BCUT2D eigenvalue weighted by atomic mass is 9.78. The maximum absolute atomic E-state index is 13.7. The number of halogens is 2. The first-order valence-corrected chi connectivity index (χ1v) is 13.3. The largest absolute Gasteiger partial charge is 0.458 e. The summed E-state index contributed by atoms with van der Waals surface area (Å²) >= 11 is 0. The Morgan fingerprint density at radius 2 is 1.74 bits per heavy atom. The highest BCUT2D eigenvalue weighted by atomic mass is 32.2. The molecule has 1 N–H and O–H groups in total. The van der Waals surface area contributed by atoms with Gasteiger partial charge in [-0.05, 0) is 43.7 Å². The Hall–Kier alpha value is -3.16. The van der Waals surface area contributed by atoms with Crippen molar-refractivity contribution < 1.29 is 50.3 Å². The lowest BCUT2D eigenvalue weighted by Gasteiger charge is -2.38. The molecule has 10 nitrogen and oxygen atoms in total. The monoisotopic (exact) mass is 553 g/mol. The van der Waals surface area contributed by atoms with Gasteiger partial charge in [-0.25, -0.2) is 4.79 Å².